The van der Waals surface area contributed by atoms with E-state index in [2.05, 4.69) is 82.1 Å². The Hall–Kier alpha value is -2.40. The van der Waals surface area contributed by atoms with Gasteiger partial charge in [-0.3, -0.25) is 4.90 Å². The van der Waals surface area contributed by atoms with E-state index in [1.807, 2.05) is 6.92 Å². The maximum atomic E-state index is 4.69. The molecular weight excluding hydrogens is 334 g/mol. The Bertz CT molecular complexity index is 732. The van der Waals surface area contributed by atoms with Gasteiger partial charge in [0.05, 0.1) is 0 Å². The molecule has 5 nitrogen and oxygen atoms in total. The molecule has 1 saturated heterocycles. The molecule has 0 saturated carbocycles. The van der Waals surface area contributed by atoms with Crippen LogP contribution in [-0.4, -0.2) is 60.7 Å². The van der Waals surface area contributed by atoms with Gasteiger partial charge >= 0.3 is 0 Å². The lowest BCUT2D eigenvalue weighted by atomic mass is 10.2. The largest absolute Gasteiger partial charge is 0.357 e. The molecule has 0 unspecified atom stereocenters. The molecule has 27 heavy (non-hydrogen) atoms. The molecule has 0 amide bonds. The van der Waals surface area contributed by atoms with Crippen LogP contribution in [0.5, 0.6) is 0 Å². The van der Waals surface area contributed by atoms with Gasteiger partial charge in [-0.2, -0.15) is 0 Å². The second-order valence-electron chi connectivity index (χ2n) is 6.90. The van der Waals surface area contributed by atoms with Gasteiger partial charge in [0.15, 0.2) is 0 Å². The first-order chi connectivity index (χ1) is 13.2. The van der Waals surface area contributed by atoms with Crippen molar-refractivity contribution in [2.45, 2.75) is 20.8 Å². The quantitative estimate of drug-likeness (QED) is 0.751. The van der Waals surface area contributed by atoms with Gasteiger partial charge in [0, 0.05) is 51.9 Å². The predicted octanol–water partition coefficient (Wildman–Crippen LogP) is 3.47. The normalized spacial score (nSPS) is 15.4. The number of aryl methyl sites for hydroxylation is 1. The van der Waals surface area contributed by atoms with Crippen molar-refractivity contribution < 1.29 is 0 Å². The molecule has 144 valence electrons. The third-order valence-electron chi connectivity index (χ3n) is 5.07. The summed E-state index contributed by atoms with van der Waals surface area (Å²) in [4.78, 5) is 16.5. The molecular formula is C22H31N5. The lowest BCUT2D eigenvalue weighted by Gasteiger charge is -2.35. The molecule has 2 aromatic rings. The first-order valence-electron chi connectivity index (χ1n) is 9.99. The van der Waals surface area contributed by atoms with Crippen LogP contribution in [0.15, 0.2) is 42.5 Å². The number of hydrogen-bond acceptors (Lipinski definition) is 5. The maximum Gasteiger partial charge on any atom is 0.134 e. The molecule has 3 rings (SSSR count). The zero-order chi connectivity index (χ0) is 19.1. The van der Waals surface area contributed by atoms with Gasteiger partial charge in [0.25, 0.3) is 0 Å². The predicted molar refractivity (Wildman–Crippen MR) is 114 cm³/mol. The highest BCUT2D eigenvalue weighted by Gasteiger charge is 2.19. The van der Waals surface area contributed by atoms with Crippen molar-refractivity contribution in [1.29, 1.82) is 0 Å². The average Bonchev–Trinajstić information content (AvgIpc) is 2.70. The molecule has 0 aliphatic carbocycles. The number of benzene rings is 1. The Morgan fingerprint density at radius 1 is 1.00 bits per heavy atom. The van der Waals surface area contributed by atoms with E-state index < -0.39 is 0 Å². The Labute approximate surface area is 163 Å². The SMILES string of the molecule is CCN(CC)c1cc(N2CCN(C/C=C/c3ccccc3)CC2)nc(C)n1. The smallest absolute Gasteiger partial charge is 0.134 e. The van der Waals surface area contributed by atoms with E-state index in [9.17, 15) is 0 Å². The van der Waals surface area contributed by atoms with Gasteiger partial charge in [-0.25, -0.2) is 9.97 Å². The van der Waals surface area contributed by atoms with Crippen LogP contribution in [0.25, 0.3) is 6.08 Å². The monoisotopic (exact) mass is 365 g/mol. The van der Waals surface area contributed by atoms with E-state index >= 15 is 0 Å². The van der Waals surface area contributed by atoms with Crippen molar-refractivity contribution in [3.05, 3.63) is 53.9 Å². The number of aromatic nitrogens is 2. The lowest BCUT2D eigenvalue weighted by Crippen LogP contribution is -2.46. The number of nitrogens with zero attached hydrogens (tertiary/aromatic N) is 5. The fraction of sp³-hybridized carbons (Fsp3) is 0.455. The molecule has 5 heteroatoms. The Morgan fingerprint density at radius 2 is 1.70 bits per heavy atom. The standard InChI is InChI=1S/C22H31N5/c1-4-26(5-2)21-18-22(24-19(3)23-21)27-16-14-25(15-17-27)13-9-12-20-10-7-6-8-11-20/h6-12,18H,4-5,13-17H2,1-3H3/b12-9+. The summed E-state index contributed by atoms with van der Waals surface area (Å²) < 4.78 is 0. The van der Waals surface area contributed by atoms with Crippen molar-refractivity contribution in [3.63, 3.8) is 0 Å². The van der Waals surface area contributed by atoms with Crippen molar-refractivity contribution in [3.8, 4) is 0 Å². The van der Waals surface area contributed by atoms with Crippen LogP contribution >= 0.6 is 0 Å². The van der Waals surface area contributed by atoms with Crippen LogP contribution in [0.4, 0.5) is 11.6 Å². The van der Waals surface area contributed by atoms with Crippen LogP contribution in [0.1, 0.15) is 25.2 Å². The summed E-state index contributed by atoms with van der Waals surface area (Å²) in [5.41, 5.74) is 1.26. The topological polar surface area (TPSA) is 35.5 Å². The highest BCUT2D eigenvalue weighted by Crippen LogP contribution is 2.20. The van der Waals surface area contributed by atoms with E-state index in [4.69, 9.17) is 4.98 Å². The molecule has 1 aromatic carbocycles. The molecule has 1 aliphatic heterocycles. The molecule has 1 aliphatic rings. The minimum atomic E-state index is 0.850. The zero-order valence-corrected chi connectivity index (χ0v) is 16.8. The second-order valence-corrected chi connectivity index (χ2v) is 6.90. The third-order valence-corrected chi connectivity index (χ3v) is 5.07. The number of anilines is 2. The van der Waals surface area contributed by atoms with Crippen LogP contribution < -0.4 is 9.80 Å². The number of hydrogen-bond donors (Lipinski definition) is 0. The Morgan fingerprint density at radius 3 is 2.37 bits per heavy atom. The molecule has 1 aromatic heterocycles. The lowest BCUT2D eigenvalue weighted by molar-refractivity contribution is 0.283. The minimum absolute atomic E-state index is 0.850. The maximum absolute atomic E-state index is 4.69. The van der Waals surface area contributed by atoms with Crippen LogP contribution in [-0.2, 0) is 0 Å². The van der Waals surface area contributed by atoms with Crippen LogP contribution in [0, 0.1) is 6.92 Å². The number of rotatable bonds is 7. The summed E-state index contributed by atoms with van der Waals surface area (Å²) in [6.07, 6.45) is 4.47. The van der Waals surface area contributed by atoms with Gasteiger partial charge in [-0.05, 0) is 26.3 Å². The van der Waals surface area contributed by atoms with Gasteiger partial charge in [0.1, 0.15) is 17.5 Å². The van der Waals surface area contributed by atoms with E-state index in [1.165, 1.54) is 5.56 Å². The summed E-state index contributed by atoms with van der Waals surface area (Å²) in [5, 5.41) is 0. The van der Waals surface area contributed by atoms with E-state index in [0.29, 0.717) is 0 Å². The van der Waals surface area contributed by atoms with Crippen molar-refractivity contribution in [2.24, 2.45) is 0 Å². The highest BCUT2D eigenvalue weighted by molar-refractivity contribution is 5.51. The van der Waals surface area contributed by atoms with Gasteiger partial charge < -0.3 is 9.80 Å². The fourth-order valence-electron chi connectivity index (χ4n) is 3.47. The van der Waals surface area contributed by atoms with E-state index in [-0.39, 0.29) is 0 Å². The molecule has 0 bridgehead atoms. The number of piperazine rings is 1. The first kappa shape index (κ1) is 19.4. The second kappa shape index (κ2) is 9.51. The fourth-order valence-corrected chi connectivity index (χ4v) is 3.47. The van der Waals surface area contributed by atoms with E-state index in [1.54, 1.807) is 0 Å². The van der Waals surface area contributed by atoms with Gasteiger partial charge in [-0.15, -0.1) is 0 Å². The zero-order valence-electron chi connectivity index (χ0n) is 16.8. The molecule has 0 radical (unpaired) electrons. The summed E-state index contributed by atoms with van der Waals surface area (Å²) in [6.45, 7) is 13.4. The summed E-state index contributed by atoms with van der Waals surface area (Å²) in [7, 11) is 0. The molecule has 0 N–H and O–H groups in total. The first-order valence-corrected chi connectivity index (χ1v) is 9.99. The van der Waals surface area contributed by atoms with Crippen LogP contribution in [0.2, 0.25) is 0 Å². The Balaban J connectivity index is 1.56. The van der Waals surface area contributed by atoms with Crippen LogP contribution in [0.3, 0.4) is 0 Å². The summed E-state index contributed by atoms with van der Waals surface area (Å²) >= 11 is 0. The van der Waals surface area contributed by atoms with Crippen molar-refractivity contribution >= 4 is 17.7 Å². The molecule has 0 atom stereocenters. The van der Waals surface area contributed by atoms with Gasteiger partial charge in [-0.1, -0.05) is 42.5 Å². The highest BCUT2D eigenvalue weighted by atomic mass is 15.3. The Kier molecular flexibility index (Phi) is 6.82. The summed E-state index contributed by atoms with van der Waals surface area (Å²) in [6, 6.07) is 12.6. The molecule has 1 fully saturated rings. The summed E-state index contributed by atoms with van der Waals surface area (Å²) in [5.74, 6) is 2.95. The van der Waals surface area contributed by atoms with Crippen molar-refractivity contribution in [1.82, 2.24) is 14.9 Å². The van der Waals surface area contributed by atoms with E-state index in [0.717, 1.165) is 63.3 Å². The molecule has 0 spiro atoms. The molecule has 2 heterocycles. The minimum Gasteiger partial charge on any atom is -0.357 e. The van der Waals surface area contributed by atoms with Crippen molar-refractivity contribution in [2.75, 3.05) is 55.6 Å². The van der Waals surface area contributed by atoms with Gasteiger partial charge in [0.2, 0.25) is 0 Å². The average molecular weight is 366 g/mol. The third kappa shape index (κ3) is 5.30.